The highest BCUT2D eigenvalue weighted by Gasteiger charge is 2.40. The van der Waals surface area contributed by atoms with Crippen LogP contribution in [0.2, 0.25) is 0 Å². The average molecular weight is 393 g/mol. The van der Waals surface area contributed by atoms with Crippen molar-refractivity contribution in [3.8, 4) is 5.75 Å². The molecule has 2 aromatic carbocycles. The fourth-order valence-electron chi connectivity index (χ4n) is 2.56. The van der Waals surface area contributed by atoms with Gasteiger partial charge in [0.15, 0.2) is 6.10 Å². The maximum Gasteiger partial charge on any atom is 0.347 e. The number of carbonyl (C=O) groups excluding carboxylic acids is 2. The first-order chi connectivity index (χ1) is 12.8. The summed E-state index contributed by atoms with van der Waals surface area (Å²) in [4.78, 5) is 24.2. The van der Waals surface area contributed by atoms with Gasteiger partial charge in [0.1, 0.15) is 23.1 Å². The van der Waals surface area contributed by atoms with Gasteiger partial charge in [0.2, 0.25) is 0 Å². The fourth-order valence-corrected chi connectivity index (χ4v) is 4.12. The molecule has 0 spiro atoms. The molecule has 2 aromatic rings. The zero-order valence-corrected chi connectivity index (χ0v) is 15.1. The molecule has 1 amide bonds. The molecule has 0 fully saturated rings. The summed E-state index contributed by atoms with van der Waals surface area (Å²) in [5.74, 6) is -1.54. The second-order valence-corrected chi connectivity index (χ2v) is 7.59. The molecule has 3 rings (SSSR count). The number of benzene rings is 2. The van der Waals surface area contributed by atoms with Gasteiger partial charge < -0.3 is 9.47 Å². The van der Waals surface area contributed by atoms with E-state index in [1.54, 1.807) is 6.07 Å². The molecule has 1 atom stereocenters. The summed E-state index contributed by atoms with van der Waals surface area (Å²) in [7, 11) is -3.94. The van der Waals surface area contributed by atoms with E-state index in [0.29, 0.717) is 4.31 Å². The second-order valence-electron chi connectivity index (χ2n) is 5.76. The maximum absolute atomic E-state index is 12.9. The summed E-state index contributed by atoms with van der Waals surface area (Å²) in [5, 5.41) is 0. The second kappa shape index (κ2) is 7.36. The SMILES string of the molecule is C[C@H](Oc1ccc(F)cc1)C(=O)OCCN1C(=O)c2ccccc2S1(=O)=O. The van der Waals surface area contributed by atoms with Crippen molar-refractivity contribution in [2.75, 3.05) is 13.2 Å². The molecule has 1 heterocycles. The molecule has 27 heavy (non-hydrogen) atoms. The lowest BCUT2D eigenvalue weighted by Crippen LogP contribution is -2.35. The molecular formula is C18H16FNO6S. The molecule has 1 aliphatic rings. The Balaban J connectivity index is 1.56. The summed E-state index contributed by atoms with van der Waals surface area (Å²) in [6.45, 7) is 0.832. The van der Waals surface area contributed by atoms with Gasteiger partial charge in [-0.1, -0.05) is 12.1 Å². The Bertz CT molecular complexity index is 974. The molecule has 0 saturated heterocycles. The van der Waals surface area contributed by atoms with Crippen LogP contribution in [-0.2, 0) is 19.6 Å². The first kappa shape index (κ1) is 18.8. The predicted molar refractivity (Wildman–Crippen MR) is 92.1 cm³/mol. The van der Waals surface area contributed by atoms with E-state index in [0.717, 1.165) is 0 Å². The number of sulfonamides is 1. The normalized spacial score (nSPS) is 15.9. The van der Waals surface area contributed by atoms with Crippen LogP contribution in [0.15, 0.2) is 53.4 Å². The number of carbonyl (C=O) groups is 2. The molecule has 0 saturated carbocycles. The number of rotatable bonds is 6. The van der Waals surface area contributed by atoms with Gasteiger partial charge in [0, 0.05) is 0 Å². The van der Waals surface area contributed by atoms with Gasteiger partial charge in [-0.2, -0.15) is 0 Å². The zero-order valence-electron chi connectivity index (χ0n) is 14.3. The largest absolute Gasteiger partial charge is 0.479 e. The van der Waals surface area contributed by atoms with Crippen LogP contribution in [0, 0.1) is 5.82 Å². The number of fused-ring (bicyclic) bond motifs is 1. The van der Waals surface area contributed by atoms with E-state index in [-0.39, 0.29) is 29.4 Å². The van der Waals surface area contributed by atoms with Gasteiger partial charge in [0.25, 0.3) is 15.9 Å². The number of halogens is 1. The van der Waals surface area contributed by atoms with Crippen LogP contribution in [-0.4, -0.2) is 43.9 Å². The van der Waals surface area contributed by atoms with Crippen molar-refractivity contribution < 1.29 is 31.9 Å². The predicted octanol–water partition coefficient (Wildman–Crippen LogP) is 1.98. The number of amides is 1. The van der Waals surface area contributed by atoms with Crippen LogP contribution in [0.5, 0.6) is 5.75 Å². The van der Waals surface area contributed by atoms with E-state index < -0.39 is 33.8 Å². The van der Waals surface area contributed by atoms with Crippen LogP contribution in [0.1, 0.15) is 17.3 Å². The Kier molecular flexibility index (Phi) is 5.13. The average Bonchev–Trinajstić information content (AvgIpc) is 2.84. The highest BCUT2D eigenvalue weighted by Crippen LogP contribution is 2.29. The molecule has 7 nitrogen and oxygen atoms in total. The molecule has 1 aliphatic heterocycles. The molecule has 0 bridgehead atoms. The topological polar surface area (TPSA) is 90.0 Å². The van der Waals surface area contributed by atoms with E-state index in [9.17, 15) is 22.4 Å². The first-order valence-electron chi connectivity index (χ1n) is 8.05. The number of nitrogens with zero attached hydrogens (tertiary/aromatic N) is 1. The van der Waals surface area contributed by atoms with E-state index >= 15 is 0 Å². The quantitative estimate of drug-likeness (QED) is 0.697. The molecule has 142 valence electrons. The molecular weight excluding hydrogens is 377 g/mol. The molecule has 0 unspecified atom stereocenters. The van der Waals surface area contributed by atoms with Crippen LogP contribution in [0.25, 0.3) is 0 Å². The number of hydrogen-bond donors (Lipinski definition) is 0. The van der Waals surface area contributed by atoms with E-state index in [2.05, 4.69) is 0 Å². The Morgan fingerprint density at radius 2 is 1.81 bits per heavy atom. The van der Waals surface area contributed by atoms with Crippen molar-refractivity contribution in [3.63, 3.8) is 0 Å². The van der Waals surface area contributed by atoms with Crippen LogP contribution < -0.4 is 4.74 Å². The molecule has 0 aliphatic carbocycles. The zero-order chi connectivity index (χ0) is 19.6. The lowest BCUT2D eigenvalue weighted by molar-refractivity contribution is -0.151. The van der Waals surface area contributed by atoms with E-state index in [1.807, 2.05) is 0 Å². The fraction of sp³-hybridized carbons (Fsp3) is 0.222. The minimum Gasteiger partial charge on any atom is -0.479 e. The van der Waals surface area contributed by atoms with Crippen LogP contribution >= 0.6 is 0 Å². The third kappa shape index (κ3) is 3.77. The van der Waals surface area contributed by atoms with Crippen molar-refractivity contribution >= 4 is 21.9 Å². The number of ether oxygens (including phenoxy) is 2. The molecule has 0 N–H and O–H groups in total. The highest BCUT2D eigenvalue weighted by molar-refractivity contribution is 7.90. The lowest BCUT2D eigenvalue weighted by Gasteiger charge is -2.17. The smallest absolute Gasteiger partial charge is 0.347 e. The van der Waals surface area contributed by atoms with Crippen molar-refractivity contribution in [1.82, 2.24) is 4.31 Å². The van der Waals surface area contributed by atoms with Gasteiger partial charge in [-0.3, -0.25) is 4.79 Å². The minimum absolute atomic E-state index is 0.0608. The van der Waals surface area contributed by atoms with Gasteiger partial charge in [-0.05, 0) is 43.3 Å². The van der Waals surface area contributed by atoms with Crippen molar-refractivity contribution in [2.45, 2.75) is 17.9 Å². The van der Waals surface area contributed by atoms with Crippen LogP contribution in [0.4, 0.5) is 4.39 Å². The highest BCUT2D eigenvalue weighted by atomic mass is 32.2. The summed E-state index contributed by atoms with van der Waals surface area (Å²) in [6.07, 6.45) is -0.987. The van der Waals surface area contributed by atoms with Gasteiger partial charge in [-0.25, -0.2) is 21.9 Å². The van der Waals surface area contributed by atoms with E-state index in [1.165, 1.54) is 49.4 Å². The third-order valence-electron chi connectivity index (χ3n) is 3.91. The number of esters is 1. The summed E-state index contributed by atoms with van der Waals surface area (Å²) >= 11 is 0. The van der Waals surface area contributed by atoms with Crippen molar-refractivity contribution in [2.24, 2.45) is 0 Å². The molecule has 9 heteroatoms. The Morgan fingerprint density at radius 1 is 1.15 bits per heavy atom. The summed E-state index contributed by atoms with van der Waals surface area (Å²) in [6, 6.07) is 11.0. The first-order valence-corrected chi connectivity index (χ1v) is 9.49. The van der Waals surface area contributed by atoms with Gasteiger partial charge in [-0.15, -0.1) is 0 Å². The minimum atomic E-state index is -3.94. The van der Waals surface area contributed by atoms with Crippen molar-refractivity contribution in [1.29, 1.82) is 0 Å². The third-order valence-corrected chi connectivity index (χ3v) is 5.75. The number of hydrogen-bond acceptors (Lipinski definition) is 6. The van der Waals surface area contributed by atoms with Gasteiger partial charge in [0.05, 0.1) is 12.1 Å². The van der Waals surface area contributed by atoms with Crippen molar-refractivity contribution in [3.05, 3.63) is 59.9 Å². The lowest BCUT2D eigenvalue weighted by atomic mass is 10.2. The van der Waals surface area contributed by atoms with E-state index in [4.69, 9.17) is 9.47 Å². The standard InChI is InChI=1S/C18H16FNO6S/c1-12(26-14-8-6-13(19)7-9-14)18(22)25-11-10-20-17(21)15-4-2-3-5-16(15)27(20,23)24/h2-9,12H,10-11H2,1H3/t12-/m0/s1. The maximum atomic E-state index is 12.9. The van der Waals surface area contributed by atoms with Crippen LogP contribution in [0.3, 0.4) is 0 Å². The van der Waals surface area contributed by atoms with Gasteiger partial charge >= 0.3 is 5.97 Å². The summed E-state index contributed by atoms with van der Waals surface area (Å²) in [5.41, 5.74) is 0.0943. The summed E-state index contributed by atoms with van der Waals surface area (Å²) < 4.78 is 48.6. The Morgan fingerprint density at radius 3 is 2.48 bits per heavy atom. The monoisotopic (exact) mass is 393 g/mol. The molecule has 0 aromatic heterocycles. The Labute approximate surface area is 155 Å². The Hall–Kier alpha value is -2.94. The molecule has 0 radical (unpaired) electrons.